The molecule has 0 atom stereocenters. The number of hydrogen-bond donors (Lipinski definition) is 2. The van der Waals surface area contributed by atoms with E-state index in [0.29, 0.717) is 5.13 Å². The number of thiazole rings is 1. The minimum absolute atomic E-state index is 0.0505. The summed E-state index contributed by atoms with van der Waals surface area (Å²) < 4.78 is 1.03. The number of fused-ring (bicyclic) bond motifs is 1. The standard InChI is InChI=1S/C15H19N3O2S/c1-9-5-6-10-11(7-9)21-14(17-10)18-12(19)8-16-13(20)15(2,3)4/h5-7H,8H2,1-4H3,(H,16,20)(H,17,18,19). The van der Waals surface area contributed by atoms with Gasteiger partial charge in [0.15, 0.2) is 5.13 Å². The van der Waals surface area contributed by atoms with Crippen molar-refractivity contribution in [3.8, 4) is 0 Å². The van der Waals surface area contributed by atoms with Crippen molar-refractivity contribution in [2.45, 2.75) is 27.7 Å². The second kappa shape index (κ2) is 5.81. The Labute approximate surface area is 127 Å². The van der Waals surface area contributed by atoms with Crippen molar-refractivity contribution >= 4 is 38.5 Å². The lowest BCUT2D eigenvalue weighted by Gasteiger charge is -2.17. The van der Waals surface area contributed by atoms with Gasteiger partial charge >= 0.3 is 0 Å². The summed E-state index contributed by atoms with van der Waals surface area (Å²) in [5.41, 5.74) is 1.51. The van der Waals surface area contributed by atoms with Crippen LogP contribution in [0, 0.1) is 12.3 Å². The van der Waals surface area contributed by atoms with Gasteiger partial charge in [-0.1, -0.05) is 38.2 Å². The average molecular weight is 305 g/mol. The molecule has 5 nitrogen and oxygen atoms in total. The first-order valence-corrected chi connectivity index (χ1v) is 7.53. The molecule has 1 aromatic carbocycles. The summed E-state index contributed by atoms with van der Waals surface area (Å²) in [6.45, 7) is 7.37. The molecule has 2 amide bonds. The normalized spacial score (nSPS) is 11.4. The number of benzene rings is 1. The topological polar surface area (TPSA) is 71.1 Å². The van der Waals surface area contributed by atoms with E-state index < -0.39 is 5.41 Å². The molecule has 21 heavy (non-hydrogen) atoms. The van der Waals surface area contributed by atoms with Crippen LogP contribution in [-0.2, 0) is 9.59 Å². The van der Waals surface area contributed by atoms with E-state index in [4.69, 9.17) is 0 Å². The highest BCUT2D eigenvalue weighted by atomic mass is 32.1. The molecule has 0 unspecified atom stereocenters. The molecule has 0 fully saturated rings. The molecule has 0 saturated heterocycles. The number of anilines is 1. The molecule has 2 N–H and O–H groups in total. The van der Waals surface area contributed by atoms with Crippen molar-refractivity contribution in [3.05, 3.63) is 23.8 Å². The van der Waals surface area contributed by atoms with Crippen LogP contribution in [0.3, 0.4) is 0 Å². The van der Waals surface area contributed by atoms with Crippen LogP contribution < -0.4 is 10.6 Å². The number of rotatable bonds is 3. The maximum atomic E-state index is 11.8. The number of carbonyl (C=O) groups is 2. The van der Waals surface area contributed by atoms with Gasteiger partial charge in [0.2, 0.25) is 11.8 Å². The van der Waals surface area contributed by atoms with Gasteiger partial charge < -0.3 is 10.6 Å². The highest BCUT2D eigenvalue weighted by Gasteiger charge is 2.21. The molecule has 0 radical (unpaired) electrons. The average Bonchev–Trinajstić information content (AvgIpc) is 2.75. The summed E-state index contributed by atoms with van der Waals surface area (Å²) >= 11 is 1.42. The van der Waals surface area contributed by atoms with Crippen molar-refractivity contribution in [1.82, 2.24) is 10.3 Å². The van der Waals surface area contributed by atoms with Crippen molar-refractivity contribution in [1.29, 1.82) is 0 Å². The number of nitrogens with one attached hydrogen (secondary N) is 2. The molecule has 112 valence electrons. The Hall–Kier alpha value is -1.95. The largest absolute Gasteiger partial charge is 0.347 e. The van der Waals surface area contributed by atoms with Gasteiger partial charge in [-0.3, -0.25) is 9.59 Å². The lowest BCUT2D eigenvalue weighted by Crippen LogP contribution is -2.39. The number of hydrogen-bond acceptors (Lipinski definition) is 4. The van der Waals surface area contributed by atoms with Crippen LogP contribution in [0.2, 0.25) is 0 Å². The Balaban J connectivity index is 1.97. The molecule has 1 aromatic heterocycles. The Kier molecular flexibility index (Phi) is 4.27. The van der Waals surface area contributed by atoms with E-state index >= 15 is 0 Å². The third-order valence-corrected chi connectivity index (χ3v) is 3.81. The second-order valence-electron chi connectivity index (χ2n) is 5.97. The summed E-state index contributed by atoms with van der Waals surface area (Å²) in [6.07, 6.45) is 0. The van der Waals surface area contributed by atoms with Gasteiger partial charge in [-0.25, -0.2) is 4.98 Å². The first-order chi connectivity index (χ1) is 9.75. The van der Waals surface area contributed by atoms with E-state index in [9.17, 15) is 9.59 Å². The number of carbonyl (C=O) groups excluding carboxylic acids is 2. The SMILES string of the molecule is Cc1ccc2nc(NC(=O)CNC(=O)C(C)(C)C)sc2c1. The van der Waals surface area contributed by atoms with Crippen molar-refractivity contribution in [2.24, 2.45) is 5.41 Å². The maximum Gasteiger partial charge on any atom is 0.245 e. The first-order valence-electron chi connectivity index (χ1n) is 6.71. The summed E-state index contributed by atoms with van der Waals surface area (Å²) in [5.74, 6) is -0.430. The molecule has 2 aromatic rings. The molecule has 0 bridgehead atoms. The summed E-state index contributed by atoms with van der Waals surface area (Å²) in [7, 11) is 0. The van der Waals surface area contributed by atoms with Gasteiger partial charge in [0.25, 0.3) is 0 Å². The van der Waals surface area contributed by atoms with Gasteiger partial charge in [0, 0.05) is 5.41 Å². The van der Waals surface area contributed by atoms with E-state index in [-0.39, 0.29) is 18.4 Å². The molecular weight excluding hydrogens is 286 g/mol. The fraction of sp³-hybridized carbons (Fsp3) is 0.400. The highest BCUT2D eigenvalue weighted by molar-refractivity contribution is 7.22. The second-order valence-corrected chi connectivity index (χ2v) is 7.00. The van der Waals surface area contributed by atoms with Gasteiger partial charge in [-0.05, 0) is 24.6 Å². The van der Waals surface area contributed by atoms with Crippen LogP contribution in [0.1, 0.15) is 26.3 Å². The van der Waals surface area contributed by atoms with Gasteiger partial charge in [0.1, 0.15) is 0 Å². The first kappa shape index (κ1) is 15.4. The van der Waals surface area contributed by atoms with E-state index in [1.807, 2.05) is 25.1 Å². The van der Waals surface area contributed by atoms with Crippen molar-refractivity contribution in [3.63, 3.8) is 0 Å². The lowest BCUT2D eigenvalue weighted by molar-refractivity contribution is -0.130. The van der Waals surface area contributed by atoms with Gasteiger partial charge in [0.05, 0.1) is 16.8 Å². The molecule has 1 heterocycles. The van der Waals surface area contributed by atoms with E-state index in [1.54, 1.807) is 20.8 Å². The number of amides is 2. The van der Waals surface area contributed by atoms with Crippen LogP contribution in [0.5, 0.6) is 0 Å². The molecule has 0 spiro atoms. The maximum absolute atomic E-state index is 11.8. The Morgan fingerprint density at radius 1 is 1.29 bits per heavy atom. The fourth-order valence-corrected chi connectivity index (χ4v) is 2.65. The Morgan fingerprint density at radius 3 is 2.67 bits per heavy atom. The fourth-order valence-electron chi connectivity index (χ4n) is 1.67. The molecular formula is C15H19N3O2S. The zero-order chi connectivity index (χ0) is 15.6. The van der Waals surface area contributed by atoms with Crippen LogP contribution in [0.25, 0.3) is 10.2 Å². The zero-order valence-electron chi connectivity index (χ0n) is 12.6. The van der Waals surface area contributed by atoms with E-state index in [0.717, 1.165) is 15.8 Å². The monoisotopic (exact) mass is 305 g/mol. The third kappa shape index (κ3) is 4.01. The highest BCUT2D eigenvalue weighted by Crippen LogP contribution is 2.26. The predicted molar refractivity (Wildman–Crippen MR) is 85.5 cm³/mol. The minimum atomic E-state index is -0.506. The van der Waals surface area contributed by atoms with E-state index in [2.05, 4.69) is 15.6 Å². The van der Waals surface area contributed by atoms with Crippen LogP contribution in [-0.4, -0.2) is 23.3 Å². The van der Waals surface area contributed by atoms with Crippen LogP contribution >= 0.6 is 11.3 Å². The van der Waals surface area contributed by atoms with Crippen molar-refractivity contribution < 1.29 is 9.59 Å². The molecule has 0 aliphatic carbocycles. The summed E-state index contributed by atoms with van der Waals surface area (Å²) in [6, 6.07) is 5.94. The predicted octanol–water partition coefficient (Wildman–Crippen LogP) is 2.71. The molecule has 0 aliphatic heterocycles. The smallest absolute Gasteiger partial charge is 0.245 e. The Morgan fingerprint density at radius 2 is 2.00 bits per heavy atom. The summed E-state index contributed by atoms with van der Waals surface area (Å²) in [4.78, 5) is 27.9. The quantitative estimate of drug-likeness (QED) is 0.916. The summed E-state index contributed by atoms with van der Waals surface area (Å²) in [5, 5.41) is 5.87. The Bertz CT molecular complexity index is 686. The third-order valence-electron chi connectivity index (χ3n) is 2.88. The number of nitrogens with zero attached hydrogens (tertiary/aromatic N) is 1. The van der Waals surface area contributed by atoms with Gasteiger partial charge in [-0.15, -0.1) is 0 Å². The van der Waals surface area contributed by atoms with Crippen molar-refractivity contribution in [2.75, 3.05) is 11.9 Å². The number of aryl methyl sites for hydroxylation is 1. The molecule has 0 aliphatic rings. The van der Waals surface area contributed by atoms with Crippen LogP contribution in [0.15, 0.2) is 18.2 Å². The zero-order valence-corrected chi connectivity index (χ0v) is 13.4. The minimum Gasteiger partial charge on any atom is -0.347 e. The molecule has 6 heteroatoms. The van der Waals surface area contributed by atoms with Crippen LogP contribution in [0.4, 0.5) is 5.13 Å². The lowest BCUT2D eigenvalue weighted by atomic mass is 9.96. The van der Waals surface area contributed by atoms with E-state index in [1.165, 1.54) is 11.3 Å². The van der Waals surface area contributed by atoms with Gasteiger partial charge in [-0.2, -0.15) is 0 Å². The number of aromatic nitrogens is 1. The molecule has 2 rings (SSSR count). The molecule has 0 saturated carbocycles.